The molecule has 2 aliphatic heterocycles. The first kappa shape index (κ1) is 21.8. The number of urea groups is 1. The van der Waals surface area contributed by atoms with E-state index in [0.717, 1.165) is 21.6 Å². The highest BCUT2D eigenvalue weighted by Crippen LogP contribution is 2.38. The highest BCUT2D eigenvalue weighted by Gasteiger charge is 2.46. The fourth-order valence-electron chi connectivity index (χ4n) is 3.90. The Hall–Kier alpha value is -1.93. The molecule has 1 aromatic carbocycles. The monoisotopic (exact) mass is 421 g/mol. The number of carbonyl (C=O) groups is 2. The normalized spacial score (nSPS) is 18.9. The number of imide groups is 1. The number of nitrogens with one attached hydrogen (secondary N) is 1. The van der Waals surface area contributed by atoms with Crippen molar-refractivity contribution in [2.45, 2.75) is 70.2 Å². The van der Waals surface area contributed by atoms with Crippen molar-refractivity contribution in [2.75, 3.05) is 19.6 Å². The Morgan fingerprint density at radius 1 is 0.931 bits per heavy atom. The first-order valence-electron chi connectivity index (χ1n) is 10.2. The summed E-state index contributed by atoms with van der Waals surface area (Å²) in [6.07, 6.45) is 0. The van der Waals surface area contributed by atoms with Gasteiger partial charge in [-0.1, -0.05) is 53.7 Å². The molecule has 2 saturated heterocycles. The van der Waals surface area contributed by atoms with Crippen LogP contribution in [0.25, 0.3) is 0 Å². The fraction of sp³-hybridized carbons (Fsp3) is 0.619. The first-order chi connectivity index (χ1) is 13.4. The van der Waals surface area contributed by atoms with Gasteiger partial charge in [-0.25, -0.2) is 13.2 Å². The molecule has 160 valence electrons. The standard InChI is InChI=1S/C21H31N3O4S/c1-12(2)15-7-17(13(3)4)20(18(8-15)14(5)6)29(27,28)23-10-16(11-23)24-19(25)9-22-21(24)26/h7-8,12-14,16H,9-11H2,1-6H3,(H,22,26). The van der Waals surface area contributed by atoms with Gasteiger partial charge in [0.1, 0.15) is 0 Å². The van der Waals surface area contributed by atoms with E-state index in [1.54, 1.807) is 0 Å². The fourth-order valence-corrected chi connectivity index (χ4v) is 6.08. The van der Waals surface area contributed by atoms with Gasteiger partial charge in [0.25, 0.3) is 0 Å². The maximum atomic E-state index is 13.6. The molecule has 2 heterocycles. The van der Waals surface area contributed by atoms with E-state index in [0.29, 0.717) is 10.8 Å². The summed E-state index contributed by atoms with van der Waals surface area (Å²) >= 11 is 0. The minimum Gasteiger partial charge on any atom is -0.329 e. The van der Waals surface area contributed by atoms with Crippen LogP contribution in [-0.2, 0) is 14.8 Å². The summed E-state index contributed by atoms with van der Waals surface area (Å²) < 4.78 is 28.6. The molecule has 1 aromatic rings. The second-order valence-electron chi connectivity index (χ2n) is 8.89. The van der Waals surface area contributed by atoms with Gasteiger partial charge >= 0.3 is 6.03 Å². The van der Waals surface area contributed by atoms with Crippen LogP contribution in [0.3, 0.4) is 0 Å². The van der Waals surface area contributed by atoms with Crippen molar-refractivity contribution in [3.05, 3.63) is 28.8 Å². The molecule has 29 heavy (non-hydrogen) atoms. The molecule has 2 aliphatic rings. The molecule has 0 aromatic heterocycles. The Labute approximate surface area is 173 Å². The Morgan fingerprint density at radius 3 is 1.83 bits per heavy atom. The zero-order valence-electron chi connectivity index (χ0n) is 18.0. The second kappa shape index (κ2) is 7.72. The van der Waals surface area contributed by atoms with E-state index >= 15 is 0 Å². The summed E-state index contributed by atoms with van der Waals surface area (Å²) in [6.45, 7) is 12.5. The van der Waals surface area contributed by atoms with Crippen molar-refractivity contribution < 1.29 is 18.0 Å². The molecule has 0 radical (unpaired) electrons. The molecule has 2 fully saturated rings. The minimum absolute atomic E-state index is 0.0201. The van der Waals surface area contributed by atoms with Crippen molar-refractivity contribution in [1.82, 2.24) is 14.5 Å². The van der Waals surface area contributed by atoms with E-state index in [1.807, 2.05) is 39.8 Å². The van der Waals surface area contributed by atoms with E-state index in [4.69, 9.17) is 0 Å². The predicted octanol–water partition coefficient (Wildman–Crippen LogP) is 2.98. The maximum Gasteiger partial charge on any atom is 0.324 e. The minimum atomic E-state index is -3.73. The van der Waals surface area contributed by atoms with Gasteiger partial charge in [-0.3, -0.25) is 9.69 Å². The van der Waals surface area contributed by atoms with E-state index in [-0.39, 0.29) is 37.4 Å². The summed E-state index contributed by atoms with van der Waals surface area (Å²) in [4.78, 5) is 25.3. The zero-order valence-corrected chi connectivity index (χ0v) is 18.8. The molecule has 0 spiro atoms. The molecule has 0 unspecified atom stereocenters. The Morgan fingerprint density at radius 2 is 1.45 bits per heavy atom. The third-order valence-corrected chi connectivity index (χ3v) is 7.71. The van der Waals surface area contributed by atoms with Crippen LogP contribution in [0.2, 0.25) is 0 Å². The number of hydrogen-bond acceptors (Lipinski definition) is 4. The van der Waals surface area contributed by atoms with Crippen molar-refractivity contribution in [3.8, 4) is 0 Å². The molecular weight excluding hydrogens is 390 g/mol. The Balaban J connectivity index is 1.99. The lowest BCUT2D eigenvalue weighted by molar-refractivity contribution is -0.128. The summed E-state index contributed by atoms with van der Waals surface area (Å²) in [5, 5.41) is 2.49. The van der Waals surface area contributed by atoms with Gasteiger partial charge in [0, 0.05) is 13.1 Å². The van der Waals surface area contributed by atoms with Gasteiger partial charge in [0.15, 0.2) is 0 Å². The summed E-state index contributed by atoms with van der Waals surface area (Å²) in [7, 11) is -3.73. The Kier molecular flexibility index (Phi) is 5.80. The molecular formula is C21H31N3O4S. The van der Waals surface area contributed by atoms with E-state index in [2.05, 4.69) is 19.2 Å². The number of rotatable bonds is 6. The second-order valence-corrected chi connectivity index (χ2v) is 10.8. The van der Waals surface area contributed by atoms with Gasteiger partial charge in [0.2, 0.25) is 15.9 Å². The van der Waals surface area contributed by atoms with Gasteiger partial charge < -0.3 is 5.32 Å². The lowest BCUT2D eigenvalue weighted by Gasteiger charge is -2.42. The predicted molar refractivity (Wildman–Crippen MR) is 112 cm³/mol. The SMILES string of the molecule is CC(C)c1cc(C(C)C)c(S(=O)(=O)N2CC(N3C(=O)CNC3=O)C2)c(C(C)C)c1. The quantitative estimate of drug-likeness (QED) is 0.716. The van der Waals surface area contributed by atoms with Crippen LogP contribution < -0.4 is 5.32 Å². The highest BCUT2D eigenvalue weighted by atomic mass is 32.2. The van der Waals surface area contributed by atoms with Crippen molar-refractivity contribution in [2.24, 2.45) is 0 Å². The largest absolute Gasteiger partial charge is 0.329 e. The molecule has 0 bridgehead atoms. The van der Waals surface area contributed by atoms with Crippen LogP contribution in [0.1, 0.15) is 76.0 Å². The number of amides is 3. The van der Waals surface area contributed by atoms with Crippen molar-refractivity contribution in [1.29, 1.82) is 0 Å². The number of benzene rings is 1. The van der Waals surface area contributed by atoms with Gasteiger partial charge in [-0.05, 0) is 34.4 Å². The summed E-state index contributed by atoms with van der Waals surface area (Å²) in [5.41, 5.74) is 2.80. The van der Waals surface area contributed by atoms with Crippen LogP contribution in [0, 0.1) is 0 Å². The van der Waals surface area contributed by atoms with Crippen molar-refractivity contribution in [3.63, 3.8) is 0 Å². The molecule has 3 rings (SSSR count). The highest BCUT2D eigenvalue weighted by molar-refractivity contribution is 7.89. The summed E-state index contributed by atoms with van der Waals surface area (Å²) in [5.74, 6) is 0.108. The maximum absolute atomic E-state index is 13.6. The van der Waals surface area contributed by atoms with Crippen LogP contribution in [0.5, 0.6) is 0 Å². The number of sulfonamides is 1. The van der Waals surface area contributed by atoms with Gasteiger partial charge in [-0.15, -0.1) is 0 Å². The molecule has 0 aliphatic carbocycles. The van der Waals surface area contributed by atoms with Gasteiger partial charge in [0.05, 0.1) is 17.5 Å². The Bertz CT molecular complexity index is 886. The van der Waals surface area contributed by atoms with E-state index in [1.165, 1.54) is 4.31 Å². The lowest BCUT2D eigenvalue weighted by atomic mass is 9.89. The average molecular weight is 422 g/mol. The van der Waals surface area contributed by atoms with Crippen LogP contribution >= 0.6 is 0 Å². The van der Waals surface area contributed by atoms with Crippen LogP contribution in [0.15, 0.2) is 17.0 Å². The third-order valence-electron chi connectivity index (χ3n) is 5.75. The number of nitrogens with zero attached hydrogens (tertiary/aromatic N) is 2. The molecule has 0 atom stereocenters. The topological polar surface area (TPSA) is 86.8 Å². The van der Waals surface area contributed by atoms with Crippen LogP contribution in [-0.4, -0.2) is 55.2 Å². The van der Waals surface area contributed by atoms with Gasteiger partial charge in [-0.2, -0.15) is 4.31 Å². The summed E-state index contributed by atoms with van der Waals surface area (Å²) in [6, 6.07) is 3.19. The molecule has 1 N–H and O–H groups in total. The average Bonchev–Trinajstić information content (AvgIpc) is 2.91. The van der Waals surface area contributed by atoms with Crippen molar-refractivity contribution >= 4 is 22.0 Å². The zero-order chi connectivity index (χ0) is 21.7. The molecule has 0 saturated carbocycles. The van der Waals surface area contributed by atoms with E-state index in [9.17, 15) is 18.0 Å². The number of hydrogen-bond donors (Lipinski definition) is 1. The first-order valence-corrected chi connectivity index (χ1v) is 11.7. The smallest absolute Gasteiger partial charge is 0.324 e. The molecule has 8 heteroatoms. The molecule has 3 amide bonds. The van der Waals surface area contributed by atoms with E-state index < -0.39 is 22.1 Å². The number of carbonyl (C=O) groups excluding carboxylic acids is 2. The lowest BCUT2D eigenvalue weighted by Crippen LogP contribution is -2.62. The van der Waals surface area contributed by atoms with Crippen LogP contribution in [0.4, 0.5) is 4.79 Å². The molecule has 7 nitrogen and oxygen atoms in total. The third kappa shape index (κ3) is 3.80.